The molecular formula is C12H20O2. The van der Waals surface area contributed by atoms with Crippen molar-refractivity contribution in [2.75, 3.05) is 14.2 Å². The van der Waals surface area contributed by atoms with Gasteiger partial charge in [0.1, 0.15) is 0 Å². The van der Waals surface area contributed by atoms with Crippen molar-refractivity contribution < 1.29 is 9.47 Å². The van der Waals surface area contributed by atoms with Crippen LogP contribution in [0, 0.1) is 0 Å². The molecule has 2 nitrogen and oxygen atoms in total. The summed E-state index contributed by atoms with van der Waals surface area (Å²) in [5.41, 5.74) is 3.33. The first-order valence-corrected chi connectivity index (χ1v) is 5.59. The van der Waals surface area contributed by atoms with Crippen molar-refractivity contribution in [2.24, 2.45) is 0 Å². The van der Waals surface area contributed by atoms with Gasteiger partial charge in [0, 0.05) is 14.2 Å². The van der Waals surface area contributed by atoms with Crippen molar-refractivity contribution in [2.45, 2.75) is 50.7 Å². The Morgan fingerprint density at radius 3 is 1.79 bits per heavy atom. The Hall–Kier alpha value is -0.340. The first-order chi connectivity index (χ1) is 6.83. The standard InChI is InChI=1S/C12H20O2/c1-13-11-5-3-9-4-6-12(14-2)8-10(9)7-11/h11-12H,3-8H2,1-2H3/t11-,12-/m0/s1. The van der Waals surface area contributed by atoms with E-state index in [2.05, 4.69) is 0 Å². The first kappa shape index (κ1) is 10.2. The third-order valence-corrected chi connectivity index (χ3v) is 3.65. The van der Waals surface area contributed by atoms with Crippen LogP contribution < -0.4 is 0 Å². The Morgan fingerprint density at radius 2 is 1.36 bits per heavy atom. The zero-order valence-corrected chi connectivity index (χ0v) is 9.21. The molecule has 2 aliphatic carbocycles. The second kappa shape index (κ2) is 4.45. The van der Waals surface area contributed by atoms with Crippen molar-refractivity contribution in [3.8, 4) is 0 Å². The second-order valence-corrected chi connectivity index (χ2v) is 4.41. The van der Waals surface area contributed by atoms with E-state index in [9.17, 15) is 0 Å². The molecule has 0 saturated heterocycles. The Kier molecular flexibility index (Phi) is 3.24. The van der Waals surface area contributed by atoms with E-state index in [-0.39, 0.29) is 0 Å². The van der Waals surface area contributed by atoms with E-state index in [1.54, 1.807) is 11.1 Å². The fraction of sp³-hybridized carbons (Fsp3) is 0.833. The fourth-order valence-electron chi connectivity index (χ4n) is 2.68. The molecule has 2 rings (SSSR count). The van der Waals surface area contributed by atoms with E-state index in [4.69, 9.17) is 9.47 Å². The van der Waals surface area contributed by atoms with Crippen LogP contribution in [0.4, 0.5) is 0 Å². The molecule has 0 aromatic heterocycles. The maximum absolute atomic E-state index is 5.43. The van der Waals surface area contributed by atoms with Gasteiger partial charge in [-0.3, -0.25) is 0 Å². The maximum atomic E-state index is 5.43. The molecular weight excluding hydrogens is 176 g/mol. The molecule has 0 radical (unpaired) electrons. The smallest absolute Gasteiger partial charge is 0.0611 e. The van der Waals surface area contributed by atoms with Gasteiger partial charge < -0.3 is 9.47 Å². The summed E-state index contributed by atoms with van der Waals surface area (Å²) in [6.07, 6.45) is 8.15. The predicted octanol–water partition coefficient (Wildman–Crippen LogP) is 2.68. The van der Waals surface area contributed by atoms with Gasteiger partial charge in [0.2, 0.25) is 0 Å². The molecule has 2 atom stereocenters. The van der Waals surface area contributed by atoms with Crippen LogP contribution in [-0.2, 0) is 9.47 Å². The molecule has 2 heteroatoms. The molecule has 14 heavy (non-hydrogen) atoms. The SMILES string of the molecule is CO[C@H]1CCC2=C(C1)C[C@@H](OC)CC2. The van der Waals surface area contributed by atoms with E-state index in [1.165, 1.54) is 25.7 Å². The van der Waals surface area contributed by atoms with Crippen LogP contribution in [-0.4, -0.2) is 26.4 Å². The molecule has 0 aromatic rings. The minimum Gasteiger partial charge on any atom is -0.381 e. The van der Waals surface area contributed by atoms with Crippen LogP contribution in [0.1, 0.15) is 38.5 Å². The molecule has 0 amide bonds. The summed E-state index contributed by atoms with van der Waals surface area (Å²) in [5.74, 6) is 0. The highest BCUT2D eigenvalue weighted by Gasteiger charge is 2.26. The van der Waals surface area contributed by atoms with Gasteiger partial charge >= 0.3 is 0 Å². The molecule has 0 spiro atoms. The van der Waals surface area contributed by atoms with Gasteiger partial charge in [-0.25, -0.2) is 0 Å². The van der Waals surface area contributed by atoms with E-state index in [0.29, 0.717) is 12.2 Å². The fourth-order valence-corrected chi connectivity index (χ4v) is 2.68. The zero-order valence-electron chi connectivity index (χ0n) is 9.21. The summed E-state index contributed by atoms with van der Waals surface area (Å²) >= 11 is 0. The average molecular weight is 196 g/mol. The van der Waals surface area contributed by atoms with Crippen LogP contribution in [0.5, 0.6) is 0 Å². The molecule has 0 saturated carbocycles. The topological polar surface area (TPSA) is 18.5 Å². The minimum absolute atomic E-state index is 0.462. The molecule has 0 fully saturated rings. The van der Waals surface area contributed by atoms with Gasteiger partial charge in [0.05, 0.1) is 12.2 Å². The monoisotopic (exact) mass is 196 g/mol. The predicted molar refractivity (Wildman–Crippen MR) is 56.3 cm³/mol. The van der Waals surface area contributed by atoms with Gasteiger partial charge in [-0.2, -0.15) is 0 Å². The van der Waals surface area contributed by atoms with Crippen molar-refractivity contribution >= 4 is 0 Å². The molecule has 0 aromatic carbocycles. The van der Waals surface area contributed by atoms with Gasteiger partial charge in [-0.05, 0) is 38.5 Å². The minimum atomic E-state index is 0.462. The largest absolute Gasteiger partial charge is 0.381 e. The zero-order chi connectivity index (χ0) is 9.97. The van der Waals surface area contributed by atoms with Crippen LogP contribution in [0.25, 0.3) is 0 Å². The van der Waals surface area contributed by atoms with Crippen molar-refractivity contribution in [1.82, 2.24) is 0 Å². The van der Waals surface area contributed by atoms with Crippen molar-refractivity contribution in [3.05, 3.63) is 11.1 Å². The highest BCUT2D eigenvalue weighted by Crippen LogP contribution is 2.37. The van der Waals surface area contributed by atoms with Gasteiger partial charge in [-0.1, -0.05) is 11.1 Å². The summed E-state index contributed by atoms with van der Waals surface area (Å²) in [6.45, 7) is 0. The average Bonchev–Trinajstić information content (AvgIpc) is 2.27. The van der Waals surface area contributed by atoms with Gasteiger partial charge in [0.15, 0.2) is 0 Å². The van der Waals surface area contributed by atoms with Crippen LogP contribution in [0.2, 0.25) is 0 Å². The van der Waals surface area contributed by atoms with Gasteiger partial charge in [0.25, 0.3) is 0 Å². The van der Waals surface area contributed by atoms with E-state index in [1.807, 2.05) is 14.2 Å². The van der Waals surface area contributed by atoms with Gasteiger partial charge in [-0.15, -0.1) is 0 Å². The number of hydrogen-bond acceptors (Lipinski definition) is 2. The van der Waals surface area contributed by atoms with Crippen LogP contribution in [0.3, 0.4) is 0 Å². The van der Waals surface area contributed by atoms with Crippen LogP contribution in [0.15, 0.2) is 11.1 Å². The molecule has 0 unspecified atom stereocenters. The number of methoxy groups -OCH3 is 2. The molecule has 0 heterocycles. The normalized spacial score (nSPS) is 33.0. The number of hydrogen-bond donors (Lipinski definition) is 0. The lowest BCUT2D eigenvalue weighted by atomic mass is 9.80. The Bertz CT molecular complexity index is 210. The molecule has 80 valence electrons. The summed E-state index contributed by atoms with van der Waals surface area (Å²) in [7, 11) is 3.65. The summed E-state index contributed by atoms with van der Waals surface area (Å²) in [4.78, 5) is 0. The molecule has 0 bridgehead atoms. The van der Waals surface area contributed by atoms with Crippen molar-refractivity contribution in [3.63, 3.8) is 0 Å². The number of rotatable bonds is 2. The maximum Gasteiger partial charge on any atom is 0.0611 e. The Morgan fingerprint density at radius 1 is 0.857 bits per heavy atom. The van der Waals surface area contributed by atoms with E-state index in [0.717, 1.165) is 12.8 Å². The number of allylic oxidation sites excluding steroid dienone is 1. The summed E-state index contributed by atoms with van der Waals surface area (Å²) in [6, 6.07) is 0. The van der Waals surface area contributed by atoms with Crippen molar-refractivity contribution in [1.29, 1.82) is 0 Å². The molecule has 0 N–H and O–H groups in total. The third kappa shape index (κ3) is 2.01. The lowest BCUT2D eigenvalue weighted by Crippen LogP contribution is -2.25. The van der Waals surface area contributed by atoms with Crippen LogP contribution >= 0.6 is 0 Å². The van der Waals surface area contributed by atoms with E-state index >= 15 is 0 Å². The Balaban J connectivity index is 2.03. The number of ether oxygens (including phenoxy) is 2. The molecule has 0 aliphatic heterocycles. The van der Waals surface area contributed by atoms with E-state index < -0.39 is 0 Å². The lowest BCUT2D eigenvalue weighted by molar-refractivity contribution is 0.0672. The quantitative estimate of drug-likeness (QED) is 0.632. The highest BCUT2D eigenvalue weighted by atomic mass is 16.5. The first-order valence-electron chi connectivity index (χ1n) is 5.59. The summed E-state index contributed by atoms with van der Waals surface area (Å²) < 4.78 is 10.9. The molecule has 2 aliphatic rings. The lowest BCUT2D eigenvalue weighted by Gasteiger charge is -2.32. The summed E-state index contributed by atoms with van der Waals surface area (Å²) in [5, 5.41) is 0. The third-order valence-electron chi connectivity index (χ3n) is 3.65. The highest BCUT2D eigenvalue weighted by molar-refractivity contribution is 5.22. The second-order valence-electron chi connectivity index (χ2n) is 4.41. The Labute approximate surface area is 86.3 Å².